The van der Waals surface area contributed by atoms with Gasteiger partial charge in [-0.05, 0) is 19.1 Å². The van der Waals surface area contributed by atoms with E-state index in [1.807, 2.05) is 0 Å². The maximum atomic E-state index is 15.0. The summed E-state index contributed by atoms with van der Waals surface area (Å²) in [6, 6.07) is 2.51. The van der Waals surface area contributed by atoms with E-state index in [0.717, 1.165) is 6.07 Å². The number of halogens is 1. The molecule has 1 N–H and O–H groups in total. The van der Waals surface area contributed by atoms with Crippen LogP contribution in [-0.4, -0.2) is 50.6 Å². The lowest BCUT2D eigenvalue weighted by molar-refractivity contribution is -0.143. The molecule has 11 heteroatoms. The molecule has 2 aromatic heterocycles. The number of pyridine rings is 1. The first-order valence-electron chi connectivity index (χ1n) is 10.1. The molecule has 3 aromatic rings. The molecule has 0 atom stereocenters. The third kappa shape index (κ3) is 5.25. The van der Waals surface area contributed by atoms with Crippen molar-refractivity contribution in [2.24, 2.45) is 0 Å². The Kier molecular flexibility index (Phi) is 7.22. The predicted molar refractivity (Wildman–Crippen MR) is 120 cm³/mol. The smallest absolute Gasteiger partial charge is 0.341 e. The highest BCUT2D eigenvalue weighted by Crippen LogP contribution is 2.29. The van der Waals surface area contributed by atoms with E-state index in [0.29, 0.717) is 22.8 Å². The first-order valence-corrected chi connectivity index (χ1v) is 10.9. The number of aromatic nitrogens is 2. The third-order valence-electron chi connectivity index (χ3n) is 5.01. The molecule has 0 fully saturated rings. The van der Waals surface area contributed by atoms with Crippen molar-refractivity contribution in [3.63, 3.8) is 0 Å². The minimum Gasteiger partial charge on any atom is -0.477 e. The van der Waals surface area contributed by atoms with Gasteiger partial charge in [0.2, 0.25) is 11.3 Å². The van der Waals surface area contributed by atoms with Crippen molar-refractivity contribution in [1.82, 2.24) is 14.5 Å². The van der Waals surface area contributed by atoms with E-state index in [1.165, 1.54) is 42.3 Å². The summed E-state index contributed by atoms with van der Waals surface area (Å²) in [6.07, 6.45) is 1.25. The minimum atomic E-state index is -1.37. The summed E-state index contributed by atoms with van der Waals surface area (Å²) < 4.78 is 21.4. The van der Waals surface area contributed by atoms with Crippen molar-refractivity contribution in [2.75, 3.05) is 13.2 Å². The van der Waals surface area contributed by atoms with Gasteiger partial charge in [0, 0.05) is 42.9 Å². The Balaban J connectivity index is 1.96. The Morgan fingerprint density at radius 2 is 2.00 bits per heavy atom. The number of rotatable bonds is 8. The first-order chi connectivity index (χ1) is 15.6. The van der Waals surface area contributed by atoms with Gasteiger partial charge in [0.1, 0.15) is 23.0 Å². The van der Waals surface area contributed by atoms with E-state index < -0.39 is 28.7 Å². The van der Waals surface area contributed by atoms with Gasteiger partial charge in [-0.15, -0.1) is 11.3 Å². The summed E-state index contributed by atoms with van der Waals surface area (Å²) in [4.78, 5) is 52.6. The van der Waals surface area contributed by atoms with Crippen LogP contribution in [0.5, 0.6) is 0 Å². The number of aryl methyl sites for hydroxylation is 1. The summed E-state index contributed by atoms with van der Waals surface area (Å²) in [6.45, 7) is 5.25. The molecule has 174 valence electrons. The van der Waals surface area contributed by atoms with E-state index in [4.69, 9.17) is 4.74 Å². The van der Waals surface area contributed by atoms with Crippen LogP contribution in [0.1, 0.15) is 36.1 Å². The molecule has 0 spiro atoms. The van der Waals surface area contributed by atoms with Crippen molar-refractivity contribution in [2.45, 2.75) is 33.9 Å². The number of carbonyl (C=O) groups excluding carboxylic acids is 2. The van der Waals surface area contributed by atoms with E-state index in [2.05, 4.69) is 4.98 Å². The number of hydrogen-bond donors (Lipinski definition) is 1. The molecule has 0 saturated heterocycles. The van der Waals surface area contributed by atoms with Gasteiger partial charge in [0.05, 0.1) is 24.3 Å². The Morgan fingerprint density at radius 3 is 2.61 bits per heavy atom. The van der Waals surface area contributed by atoms with Crippen LogP contribution in [0.25, 0.3) is 22.2 Å². The SMILES string of the molecule is CCn1cc(C(=O)O)c(=O)c2cc(F)c(-c3csc(CN(CCOC(C)=O)C(C)=O)n3)cc21. The summed E-state index contributed by atoms with van der Waals surface area (Å²) in [5.74, 6) is -2.75. The fraction of sp³-hybridized carbons (Fsp3) is 0.318. The van der Waals surface area contributed by atoms with Gasteiger partial charge in [0.15, 0.2) is 0 Å². The average molecular weight is 475 g/mol. The second-order valence-corrected chi connectivity index (χ2v) is 8.16. The van der Waals surface area contributed by atoms with Gasteiger partial charge < -0.3 is 19.3 Å². The first kappa shape index (κ1) is 24.1. The number of carbonyl (C=O) groups is 3. The minimum absolute atomic E-state index is 0.0262. The van der Waals surface area contributed by atoms with Crippen LogP contribution in [0.3, 0.4) is 0 Å². The van der Waals surface area contributed by atoms with Crippen LogP contribution in [0, 0.1) is 5.82 Å². The number of amides is 1. The van der Waals surface area contributed by atoms with E-state index in [-0.39, 0.29) is 36.6 Å². The number of nitrogens with zero attached hydrogens (tertiary/aromatic N) is 3. The maximum Gasteiger partial charge on any atom is 0.341 e. The second kappa shape index (κ2) is 9.90. The molecule has 0 unspecified atom stereocenters. The zero-order valence-electron chi connectivity index (χ0n) is 18.3. The summed E-state index contributed by atoms with van der Waals surface area (Å²) in [5, 5.41) is 11.4. The lowest BCUT2D eigenvalue weighted by atomic mass is 10.1. The van der Waals surface area contributed by atoms with Gasteiger partial charge in [-0.2, -0.15) is 0 Å². The summed E-state index contributed by atoms with van der Waals surface area (Å²) in [7, 11) is 0. The lowest BCUT2D eigenvalue weighted by Crippen LogP contribution is -2.31. The van der Waals surface area contributed by atoms with Crippen LogP contribution >= 0.6 is 11.3 Å². The van der Waals surface area contributed by atoms with Gasteiger partial charge in [0.25, 0.3) is 0 Å². The fourth-order valence-corrected chi connectivity index (χ4v) is 4.15. The largest absolute Gasteiger partial charge is 0.477 e. The lowest BCUT2D eigenvalue weighted by Gasteiger charge is -2.19. The van der Waals surface area contributed by atoms with Crippen LogP contribution in [0.15, 0.2) is 28.5 Å². The number of hydrogen-bond acceptors (Lipinski definition) is 7. The number of fused-ring (bicyclic) bond motifs is 1. The third-order valence-corrected chi connectivity index (χ3v) is 5.84. The number of thiazole rings is 1. The van der Waals surface area contributed by atoms with E-state index in [1.54, 1.807) is 16.9 Å². The van der Waals surface area contributed by atoms with Gasteiger partial charge in [-0.25, -0.2) is 14.2 Å². The molecule has 1 amide bonds. The highest BCUT2D eigenvalue weighted by atomic mass is 32.1. The number of carboxylic acid groups (broad SMARTS) is 1. The van der Waals surface area contributed by atoms with Crippen molar-refractivity contribution >= 4 is 40.1 Å². The molecule has 0 aliphatic rings. The molecule has 2 heterocycles. The zero-order chi connectivity index (χ0) is 24.3. The van der Waals surface area contributed by atoms with Crippen molar-refractivity contribution in [1.29, 1.82) is 0 Å². The van der Waals surface area contributed by atoms with Crippen LogP contribution in [-0.2, 0) is 27.4 Å². The highest BCUT2D eigenvalue weighted by Gasteiger charge is 2.19. The van der Waals surface area contributed by atoms with Crippen LogP contribution in [0.4, 0.5) is 4.39 Å². The predicted octanol–water partition coefficient (Wildman–Crippen LogP) is 2.89. The fourth-order valence-electron chi connectivity index (χ4n) is 3.34. The number of benzene rings is 1. The van der Waals surface area contributed by atoms with Crippen LogP contribution in [0.2, 0.25) is 0 Å². The molecule has 0 radical (unpaired) electrons. The van der Waals surface area contributed by atoms with Crippen LogP contribution < -0.4 is 5.43 Å². The Hall–Kier alpha value is -3.60. The van der Waals surface area contributed by atoms with Gasteiger partial charge >= 0.3 is 11.9 Å². The number of carboxylic acids is 1. The molecule has 9 nitrogen and oxygen atoms in total. The molecule has 0 aliphatic carbocycles. The standard InChI is InChI=1S/C22H22FN3O6S/c1-4-25-9-16(22(30)31)21(29)15-7-17(23)14(8-19(15)25)18-11-33-20(24-18)10-26(12(2)27)5-6-32-13(3)28/h7-9,11H,4-6,10H2,1-3H3,(H,30,31). The topological polar surface area (TPSA) is 119 Å². The van der Waals surface area contributed by atoms with Gasteiger partial charge in [-0.1, -0.05) is 0 Å². The average Bonchev–Trinajstić information content (AvgIpc) is 3.21. The molecular weight excluding hydrogens is 453 g/mol. The maximum absolute atomic E-state index is 15.0. The Bertz CT molecular complexity index is 1300. The monoisotopic (exact) mass is 475 g/mol. The quantitative estimate of drug-likeness (QED) is 0.498. The van der Waals surface area contributed by atoms with Gasteiger partial charge in [-0.3, -0.25) is 14.4 Å². The highest BCUT2D eigenvalue weighted by molar-refractivity contribution is 7.09. The Labute approximate surface area is 192 Å². The Morgan fingerprint density at radius 1 is 1.27 bits per heavy atom. The molecule has 0 aliphatic heterocycles. The number of aromatic carboxylic acids is 1. The van der Waals surface area contributed by atoms with Crippen molar-refractivity contribution in [3.8, 4) is 11.3 Å². The molecule has 0 saturated carbocycles. The zero-order valence-corrected chi connectivity index (χ0v) is 19.1. The molecule has 3 rings (SSSR count). The van der Waals surface area contributed by atoms with E-state index in [9.17, 15) is 28.7 Å². The molecule has 1 aromatic carbocycles. The number of ether oxygens (including phenoxy) is 1. The normalized spacial score (nSPS) is 10.9. The van der Waals surface area contributed by atoms with Crippen molar-refractivity contribution < 1.29 is 28.6 Å². The van der Waals surface area contributed by atoms with E-state index >= 15 is 0 Å². The molecule has 0 bridgehead atoms. The summed E-state index contributed by atoms with van der Waals surface area (Å²) in [5.41, 5.74) is -0.300. The van der Waals surface area contributed by atoms with Crippen molar-refractivity contribution in [3.05, 3.63) is 50.3 Å². The molecular formula is C22H22FN3O6S. The molecule has 33 heavy (non-hydrogen) atoms. The summed E-state index contributed by atoms with van der Waals surface area (Å²) >= 11 is 1.24. The second-order valence-electron chi connectivity index (χ2n) is 7.22. The number of esters is 1.